The van der Waals surface area contributed by atoms with Crippen LogP contribution in [0.15, 0.2) is 122 Å². The van der Waals surface area contributed by atoms with Gasteiger partial charge in [-0.3, -0.25) is 19.2 Å². The number of carbonyl (C=O) groups is 4. The predicted octanol–water partition coefficient (Wildman–Crippen LogP) is 7.26. The quantitative estimate of drug-likeness (QED) is 0.0750. The third-order valence-corrected chi connectivity index (χ3v) is 12.9. The topological polar surface area (TPSA) is 193 Å². The number of hydrogen-bond donors (Lipinski definition) is 2. The van der Waals surface area contributed by atoms with Crippen LogP contribution in [0.2, 0.25) is 0 Å². The van der Waals surface area contributed by atoms with Gasteiger partial charge in [0.05, 0.1) is 22.8 Å². The van der Waals surface area contributed by atoms with Gasteiger partial charge in [0.15, 0.2) is 49.4 Å². The van der Waals surface area contributed by atoms with Crippen molar-refractivity contribution in [3.8, 4) is 50.3 Å². The van der Waals surface area contributed by atoms with Gasteiger partial charge in [-0.05, 0) is 83.0 Å². The molecule has 75 heavy (non-hydrogen) atoms. The Balaban J connectivity index is 1.17. The molecule has 8 bridgehead atoms. The molecular weight excluding hydrogens is 955 g/mol. The average Bonchev–Trinajstić information content (AvgIpc) is 4.24. The number of nitrogens with one attached hydrogen (secondary N) is 2. The zero-order valence-corrected chi connectivity index (χ0v) is 42.3. The van der Waals surface area contributed by atoms with E-state index in [1.54, 1.807) is 12.1 Å². The fourth-order valence-corrected chi connectivity index (χ4v) is 9.54. The van der Waals surface area contributed by atoms with E-state index in [1.807, 2.05) is 102 Å². The maximum Gasteiger partial charge on any atom is 0.303 e. The first-order valence-corrected chi connectivity index (χ1v) is 24.3. The summed E-state index contributed by atoms with van der Waals surface area (Å²) in [5.74, 6) is -2.59. The third kappa shape index (κ3) is 10.6. The van der Waals surface area contributed by atoms with Gasteiger partial charge in [0.1, 0.15) is 39.6 Å². The Morgan fingerprint density at radius 3 is 1.17 bits per heavy atom. The summed E-state index contributed by atoms with van der Waals surface area (Å²) in [5.41, 5.74) is 13.5. The summed E-state index contributed by atoms with van der Waals surface area (Å²) >= 11 is 0. The van der Waals surface area contributed by atoms with Crippen LogP contribution in [0.3, 0.4) is 0 Å². The lowest BCUT2D eigenvalue weighted by molar-refractivity contribution is -0.671. The molecule has 1 saturated heterocycles. The predicted molar refractivity (Wildman–Crippen MR) is 277 cm³/mol. The molecule has 0 amide bonds. The number of benzene rings is 1. The lowest BCUT2D eigenvalue weighted by atomic mass is 9.98. The summed E-state index contributed by atoms with van der Waals surface area (Å²) < 4.78 is 40.8. The van der Waals surface area contributed by atoms with Crippen LogP contribution < -0.4 is 18.4 Å². The summed E-state index contributed by atoms with van der Waals surface area (Å²) in [5, 5.41) is 0. The highest BCUT2D eigenvalue weighted by molar-refractivity contribution is 5.99. The SMILES string of the molecule is CC(=O)OC[C@H]1O[C@@H](Oc2ccc(-c3c4nc(c(-c5cc[n+](C)cc5)c5ccc([nH]5)c(-c5cc[n+](C)cc5)c5nc(c(-c6cc[n+](C)cc6)c6ccc3[nH]6)C=C5)C=C4)cc2)[C@H](OC(C)=O)[C@@H](OC(C)=O)[C@@H]1OC(C)=O. The molecule has 7 aromatic rings. The summed E-state index contributed by atoms with van der Waals surface area (Å²) in [6.07, 6.45) is 13.5. The fourth-order valence-electron chi connectivity index (χ4n) is 9.54. The van der Waals surface area contributed by atoms with Gasteiger partial charge in [0, 0.05) is 108 Å². The van der Waals surface area contributed by atoms with Crippen LogP contribution in [0.5, 0.6) is 5.75 Å². The maximum absolute atomic E-state index is 12.6. The number of nitrogens with zero attached hydrogens (tertiary/aromatic N) is 5. The molecule has 0 aliphatic carbocycles. The first-order chi connectivity index (χ1) is 36.1. The summed E-state index contributed by atoms with van der Waals surface area (Å²) in [4.78, 5) is 67.8. The van der Waals surface area contributed by atoms with Crippen LogP contribution in [0.1, 0.15) is 50.5 Å². The minimum Gasteiger partial charge on any atom is -0.463 e. The summed E-state index contributed by atoms with van der Waals surface area (Å²) in [6, 6.07) is 27.9. The van der Waals surface area contributed by atoms with Crippen LogP contribution in [-0.2, 0) is 64.0 Å². The largest absolute Gasteiger partial charge is 0.463 e. The maximum atomic E-state index is 12.6. The number of aryl methyl sites for hydroxylation is 3. The number of rotatable bonds is 11. The van der Waals surface area contributed by atoms with E-state index in [1.165, 1.54) is 13.8 Å². The van der Waals surface area contributed by atoms with Crippen molar-refractivity contribution in [3.05, 3.63) is 145 Å². The van der Waals surface area contributed by atoms with Crippen molar-refractivity contribution < 1.29 is 61.3 Å². The Morgan fingerprint density at radius 1 is 0.467 bits per heavy atom. The Morgan fingerprint density at radius 2 is 0.813 bits per heavy atom. The Labute approximate surface area is 431 Å². The zero-order chi connectivity index (χ0) is 52.5. The van der Waals surface area contributed by atoms with E-state index < -0.39 is 61.2 Å². The van der Waals surface area contributed by atoms with Gasteiger partial charge in [-0.2, -0.15) is 0 Å². The molecule has 0 spiro atoms. The second-order valence-corrected chi connectivity index (χ2v) is 18.5. The number of carbonyl (C=O) groups excluding carboxylic acids is 4. The monoisotopic (exact) mass is 1010 g/mol. The number of H-pyrrole nitrogens is 2. The number of fused-ring (bicyclic) bond motifs is 8. The minimum absolute atomic E-state index is 0.277. The number of aromatic amines is 2. The smallest absolute Gasteiger partial charge is 0.303 e. The van der Waals surface area contributed by atoms with E-state index >= 15 is 0 Å². The van der Waals surface area contributed by atoms with Gasteiger partial charge in [-0.25, -0.2) is 23.7 Å². The minimum atomic E-state index is -1.43. The zero-order valence-electron chi connectivity index (χ0n) is 42.3. The second-order valence-electron chi connectivity index (χ2n) is 18.5. The molecule has 0 saturated carbocycles. The Hall–Kier alpha value is -9.09. The van der Waals surface area contributed by atoms with Crippen LogP contribution in [0.25, 0.3) is 90.9 Å². The van der Waals surface area contributed by atoms with Crippen molar-refractivity contribution in [1.82, 2.24) is 19.9 Å². The molecule has 17 nitrogen and oxygen atoms in total. The Kier molecular flexibility index (Phi) is 13.7. The molecule has 378 valence electrons. The van der Waals surface area contributed by atoms with Gasteiger partial charge in [-0.1, -0.05) is 12.1 Å². The average molecular weight is 1010 g/mol. The molecule has 9 heterocycles. The second kappa shape index (κ2) is 20.8. The van der Waals surface area contributed by atoms with Crippen molar-refractivity contribution in [2.75, 3.05) is 6.61 Å². The molecule has 1 aromatic carbocycles. The number of ether oxygens (including phenoxy) is 6. The molecular formula is C58H54N7O10+3. The summed E-state index contributed by atoms with van der Waals surface area (Å²) in [7, 11) is 5.96. The van der Waals surface area contributed by atoms with Crippen LogP contribution in [-0.4, -0.2) is 81.1 Å². The molecule has 0 unspecified atom stereocenters. The first-order valence-electron chi connectivity index (χ1n) is 24.3. The fraction of sp³-hybridized carbons (Fsp3) is 0.224. The van der Waals surface area contributed by atoms with E-state index in [9.17, 15) is 19.2 Å². The molecule has 6 aromatic heterocycles. The lowest BCUT2D eigenvalue weighted by Gasteiger charge is -2.43. The molecule has 3 aliphatic rings. The highest BCUT2D eigenvalue weighted by atomic mass is 16.7. The van der Waals surface area contributed by atoms with E-state index in [0.717, 1.165) is 97.5 Å². The van der Waals surface area contributed by atoms with Crippen LogP contribution >= 0.6 is 0 Å². The van der Waals surface area contributed by atoms with Gasteiger partial charge in [-0.15, -0.1) is 0 Å². The van der Waals surface area contributed by atoms with E-state index in [2.05, 4.69) is 76.7 Å². The molecule has 3 aliphatic heterocycles. The third-order valence-electron chi connectivity index (χ3n) is 12.9. The molecule has 10 rings (SSSR count). The van der Waals surface area contributed by atoms with Gasteiger partial charge in [0.2, 0.25) is 12.4 Å². The van der Waals surface area contributed by atoms with Crippen molar-refractivity contribution in [3.63, 3.8) is 0 Å². The van der Waals surface area contributed by atoms with E-state index in [4.69, 9.17) is 38.4 Å². The normalized spacial score (nSPS) is 17.8. The summed E-state index contributed by atoms with van der Waals surface area (Å²) in [6.45, 7) is 4.31. The first kappa shape index (κ1) is 49.5. The van der Waals surface area contributed by atoms with Crippen molar-refractivity contribution in [2.24, 2.45) is 21.1 Å². The van der Waals surface area contributed by atoms with Gasteiger partial charge in [0.25, 0.3) is 0 Å². The van der Waals surface area contributed by atoms with E-state index in [0.29, 0.717) is 5.69 Å². The number of pyridine rings is 3. The molecule has 5 atom stereocenters. The number of hydrogen-bond acceptors (Lipinski definition) is 12. The van der Waals surface area contributed by atoms with E-state index in [-0.39, 0.29) is 5.75 Å². The van der Waals surface area contributed by atoms with Crippen molar-refractivity contribution in [1.29, 1.82) is 0 Å². The van der Waals surface area contributed by atoms with Crippen molar-refractivity contribution in [2.45, 2.75) is 58.4 Å². The molecule has 0 radical (unpaired) electrons. The van der Waals surface area contributed by atoms with Gasteiger partial charge >= 0.3 is 23.9 Å². The highest BCUT2D eigenvalue weighted by Gasteiger charge is 2.53. The molecule has 1 fully saturated rings. The Bertz CT molecular complexity index is 3560. The van der Waals surface area contributed by atoms with Crippen LogP contribution in [0.4, 0.5) is 0 Å². The molecule has 17 heteroatoms. The van der Waals surface area contributed by atoms with Crippen molar-refractivity contribution >= 4 is 70.2 Å². The number of aromatic nitrogens is 7. The van der Waals surface area contributed by atoms with Crippen LogP contribution in [0, 0.1) is 0 Å². The standard InChI is InChI=1S/C58H53N7O10/c1-33(66)70-32-50-55(71-34(2)67)56(72-35(3)68)57(73-36(4)69)58(75-50)74-41-10-8-37(9-11-41)51-42-12-14-44(59-42)52(38-20-26-63(5)27-21-38)46-16-18-48(61-46)54(40-24-30-65(7)31-25-40)49-19-17-47(62-49)53(45-15-13-43(51)60-45)39-22-28-64(6)29-23-39/h8-31,50,55-58H,32H2,1-7H3,(H,59,60,61,62)/q+2/p+1/t50-,55-,56+,57-,58-/m1/s1. The van der Waals surface area contributed by atoms with Gasteiger partial charge < -0.3 is 38.4 Å². The molecule has 2 N–H and O–H groups in total. The lowest BCUT2D eigenvalue weighted by Crippen LogP contribution is -2.63. The highest BCUT2D eigenvalue weighted by Crippen LogP contribution is 2.39. The number of esters is 4.